The predicted octanol–water partition coefficient (Wildman–Crippen LogP) is 5.68. The highest BCUT2D eigenvalue weighted by Crippen LogP contribution is 2.43. The summed E-state index contributed by atoms with van der Waals surface area (Å²) in [6.07, 6.45) is -0.497. The Morgan fingerprint density at radius 2 is 1.79 bits per heavy atom. The van der Waals surface area contributed by atoms with Crippen LogP contribution in [0.5, 0.6) is 5.75 Å². The topological polar surface area (TPSA) is 87.2 Å². The third kappa shape index (κ3) is 4.63. The van der Waals surface area contributed by atoms with E-state index < -0.39 is 18.2 Å². The molecule has 8 nitrogen and oxygen atoms in total. The number of fused-ring (bicyclic) bond motifs is 1. The van der Waals surface area contributed by atoms with Crippen LogP contribution in [0.2, 0.25) is 10.0 Å². The molecule has 0 unspecified atom stereocenters. The van der Waals surface area contributed by atoms with Crippen LogP contribution in [-0.4, -0.2) is 63.3 Å². The van der Waals surface area contributed by atoms with E-state index in [2.05, 4.69) is 20.2 Å². The fourth-order valence-electron chi connectivity index (χ4n) is 5.28. The van der Waals surface area contributed by atoms with Crippen LogP contribution in [0, 0.1) is 5.41 Å². The van der Waals surface area contributed by atoms with Crippen molar-refractivity contribution in [2.75, 3.05) is 31.1 Å². The number of alkyl halides is 3. The number of carbonyl (C=O) groups excluding carboxylic acids is 1. The Labute approximate surface area is 230 Å². The first-order chi connectivity index (χ1) is 18.5. The number of aromatic amines is 1. The number of carbonyl (C=O) groups is 1. The molecule has 6 rings (SSSR count). The molecule has 0 bridgehead atoms. The van der Waals surface area contributed by atoms with Crippen molar-refractivity contribution >= 4 is 45.8 Å². The third-order valence-corrected chi connectivity index (χ3v) is 7.73. The smallest absolute Gasteiger partial charge is 0.471 e. The van der Waals surface area contributed by atoms with Crippen LogP contribution < -0.4 is 9.64 Å². The van der Waals surface area contributed by atoms with E-state index in [0.29, 0.717) is 46.0 Å². The van der Waals surface area contributed by atoms with Gasteiger partial charge in [-0.1, -0.05) is 23.2 Å². The van der Waals surface area contributed by atoms with Gasteiger partial charge in [0.05, 0.1) is 15.6 Å². The predicted molar refractivity (Wildman–Crippen MR) is 140 cm³/mol. The Kier molecular flexibility index (Phi) is 6.11. The molecule has 13 heteroatoms. The minimum atomic E-state index is -4.83. The monoisotopic (exact) mass is 576 g/mol. The number of likely N-dealkylation sites (tertiary alicyclic amines) is 1. The molecule has 1 amide bonds. The Morgan fingerprint density at radius 1 is 1.08 bits per heavy atom. The number of aromatic nitrogens is 4. The molecule has 2 aliphatic heterocycles. The average Bonchev–Trinajstić information content (AvgIpc) is 3.25. The number of nitrogens with one attached hydrogen (secondary N) is 1. The van der Waals surface area contributed by atoms with Gasteiger partial charge in [0.25, 0.3) is 0 Å². The number of pyridine rings is 2. The first-order valence-electron chi connectivity index (χ1n) is 12.0. The number of anilines is 1. The zero-order valence-electron chi connectivity index (χ0n) is 20.5. The fourth-order valence-corrected chi connectivity index (χ4v) is 5.96. The van der Waals surface area contributed by atoms with Crippen LogP contribution in [0.1, 0.15) is 18.6 Å². The van der Waals surface area contributed by atoms with Gasteiger partial charge in [-0.3, -0.25) is 14.9 Å². The molecular formula is C26H21Cl2F3N6O2. The summed E-state index contributed by atoms with van der Waals surface area (Å²) in [4.78, 5) is 22.8. The van der Waals surface area contributed by atoms with E-state index in [1.54, 1.807) is 6.20 Å². The van der Waals surface area contributed by atoms with Gasteiger partial charge in [-0.05, 0) is 37.3 Å². The lowest BCUT2D eigenvalue weighted by Crippen LogP contribution is -2.74. The lowest BCUT2D eigenvalue weighted by atomic mass is 9.72. The summed E-state index contributed by atoms with van der Waals surface area (Å²) in [6.45, 7) is 3.18. The maximum atomic E-state index is 12.6. The van der Waals surface area contributed by atoms with Crippen LogP contribution in [0.25, 0.3) is 22.2 Å². The molecule has 0 saturated carbocycles. The number of hydrogen-bond donors (Lipinski definition) is 1. The van der Waals surface area contributed by atoms with Gasteiger partial charge in [0.2, 0.25) is 0 Å². The number of ether oxygens (including phenoxy) is 1. The van der Waals surface area contributed by atoms with Crippen LogP contribution in [0.3, 0.4) is 0 Å². The quantitative estimate of drug-likeness (QED) is 0.329. The Balaban J connectivity index is 1.14. The number of halogens is 5. The van der Waals surface area contributed by atoms with Gasteiger partial charge >= 0.3 is 12.1 Å². The van der Waals surface area contributed by atoms with Crippen molar-refractivity contribution in [3.8, 4) is 17.0 Å². The molecule has 2 saturated heterocycles. The van der Waals surface area contributed by atoms with Gasteiger partial charge in [0.15, 0.2) is 0 Å². The first-order valence-corrected chi connectivity index (χ1v) is 12.8. The number of amides is 1. The van der Waals surface area contributed by atoms with Crippen LogP contribution >= 0.6 is 23.2 Å². The van der Waals surface area contributed by atoms with Crippen LogP contribution in [-0.2, 0) is 4.79 Å². The summed E-state index contributed by atoms with van der Waals surface area (Å²) in [7, 11) is 0. The molecule has 202 valence electrons. The first kappa shape index (κ1) is 25.7. The largest absolute Gasteiger partial charge is 0.486 e. The maximum Gasteiger partial charge on any atom is 0.471 e. The van der Waals surface area contributed by atoms with E-state index in [9.17, 15) is 18.0 Å². The summed E-state index contributed by atoms with van der Waals surface area (Å²) in [5.41, 5.74) is 2.66. The molecule has 1 spiro atoms. The summed E-state index contributed by atoms with van der Waals surface area (Å²) in [6, 6.07) is 9.34. The van der Waals surface area contributed by atoms with E-state index >= 15 is 0 Å². The van der Waals surface area contributed by atoms with Crippen LogP contribution in [0.4, 0.5) is 19.0 Å². The van der Waals surface area contributed by atoms with E-state index in [4.69, 9.17) is 27.9 Å². The fraction of sp³-hybridized carbons (Fsp3) is 0.308. The number of benzene rings is 1. The van der Waals surface area contributed by atoms with E-state index in [1.807, 2.05) is 42.2 Å². The summed E-state index contributed by atoms with van der Waals surface area (Å²) in [5.74, 6) is -0.447. The van der Waals surface area contributed by atoms with Crippen molar-refractivity contribution in [1.82, 2.24) is 25.1 Å². The average molecular weight is 577 g/mol. The molecule has 2 fully saturated rings. The van der Waals surface area contributed by atoms with Gasteiger partial charge in [-0.25, -0.2) is 4.98 Å². The van der Waals surface area contributed by atoms with E-state index in [0.717, 1.165) is 21.4 Å². The second-order valence-electron chi connectivity index (χ2n) is 9.98. The Hall–Kier alpha value is -3.57. The zero-order chi connectivity index (χ0) is 27.5. The molecule has 3 aromatic heterocycles. The van der Waals surface area contributed by atoms with Crippen molar-refractivity contribution in [2.45, 2.75) is 19.2 Å². The Morgan fingerprint density at radius 3 is 2.44 bits per heavy atom. The minimum absolute atomic E-state index is 0.113. The SMILES string of the molecule is C[C@@H](Oc1ccc2[nH]nc(-c3ccc(N4CC5(CN(C(=O)C(F)(F)F)C5)C4)nc3)c2c1)c1c(Cl)cncc1Cl. The summed E-state index contributed by atoms with van der Waals surface area (Å²) in [5, 5.41) is 9.16. The van der Waals surface area contributed by atoms with Crippen LogP contribution in [0.15, 0.2) is 48.9 Å². The van der Waals surface area contributed by atoms with Gasteiger partial charge in [0, 0.05) is 66.7 Å². The molecule has 1 atom stereocenters. The normalized spacial score (nSPS) is 17.2. The van der Waals surface area contributed by atoms with E-state index in [-0.39, 0.29) is 18.5 Å². The molecule has 4 aromatic rings. The van der Waals surface area contributed by atoms with Gasteiger partial charge < -0.3 is 14.5 Å². The standard InChI is InChI=1S/C26H21Cl2F3N6O2/c1-14(22-18(27)8-32-9-19(22)28)39-16-3-4-20-17(6-16)23(35-34-20)15-2-5-21(33-7-15)36-10-25(11-36)12-37(13-25)24(38)26(29,30)31/h2-9,14H,10-13H2,1H3,(H,34,35)/t14-/m1/s1. The number of rotatable bonds is 5. The summed E-state index contributed by atoms with van der Waals surface area (Å²) >= 11 is 12.6. The van der Waals surface area contributed by atoms with Crippen molar-refractivity contribution in [2.24, 2.45) is 5.41 Å². The highest BCUT2D eigenvalue weighted by Gasteiger charge is 2.57. The summed E-state index contributed by atoms with van der Waals surface area (Å²) < 4.78 is 44.0. The minimum Gasteiger partial charge on any atom is -0.486 e. The second-order valence-corrected chi connectivity index (χ2v) is 10.8. The van der Waals surface area contributed by atoms with Crippen molar-refractivity contribution in [3.05, 3.63) is 64.5 Å². The van der Waals surface area contributed by atoms with Gasteiger partial charge in [-0.15, -0.1) is 0 Å². The van der Waals surface area contributed by atoms with Crippen molar-refractivity contribution in [1.29, 1.82) is 0 Å². The molecule has 39 heavy (non-hydrogen) atoms. The zero-order valence-corrected chi connectivity index (χ0v) is 22.0. The molecule has 0 radical (unpaired) electrons. The van der Waals surface area contributed by atoms with Crippen molar-refractivity contribution in [3.63, 3.8) is 0 Å². The van der Waals surface area contributed by atoms with E-state index in [1.165, 1.54) is 12.4 Å². The molecule has 1 aromatic carbocycles. The highest BCUT2D eigenvalue weighted by atomic mass is 35.5. The lowest BCUT2D eigenvalue weighted by molar-refractivity contribution is -0.197. The molecule has 2 aliphatic rings. The molecule has 1 N–H and O–H groups in total. The molecule has 5 heterocycles. The van der Waals surface area contributed by atoms with Crippen molar-refractivity contribution < 1.29 is 22.7 Å². The molecule has 0 aliphatic carbocycles. The Bertz CT molecular complexity index is 1540. The number of nitrogens with zero attached hydrogens (tertiary/aromatic N) is 5. The maximum absolute atomic E-state index is 12.6. The molecular weight excluding hydrogens is 556 g/mol. The number of hydrogen-bond acceptors (Lipinski definition) is 6. The third-order valence-electron chi connectivity index (χ3n) is 7.12. The lowest BCUT2D eigenvalue weighted by Gasteiger charge is -2.60. The van der Waals surface area contributed by atoms with Gasteiger partial charge in [0.1, 0.15) is 23.4 Å². The highest BCUT2D eigenvalue weighted by molar-refractivity contribution is 6.35. The van der Waals surface area contributed by atoms with Gasteiger partial charge in [-0.2, -0.15) is 18.3 Å². The second kappa shape index (κ2) is 9.27. The number of H-pyrrole nitrogens is 1.